The number of ether oxygens (including phenoxy) is 1. The fraction of sp³-hybridized carbons (Fsp3) is 0.474. The van der Waals surface area contributed by atoms with Crippen molar-refractivity contribution in [1.29, 1.82) is 0 Å². The summed E-state index contributed by atoms with van der Waals surface area (Å²) in [6.07, 6.45) is 9.42. The van der Waals surface area contributed by atoms with Crippen LogP contribution in [0.3, 0.4) is 0 Å². The average molecular weight is 813 g/mol. The van der Waals surface area contributed by atoms with Crippen molar-refractivity contribution in [3.05, 3.63) is 74.3 Å². The summed E-state index contributed by atoms with van der Waals surface area (Å²) in [5.41, 5.74) is 7.61. The van der Waals surface area contributed by atoms with Crippen molar-refractivity contribution >= 4 is 53.2 Å². The highest BCUT2D eigenvalue weighted by Crippen LogP contribution is 2.49. The Kier molecular flexibility index (Phi) is 9.73. The van der Waals surface area contributed by atoms with E-state index in [-0.39, 0.29) is 28.2 Å². The summed E-state index contributed by atoms with van der Waals surface area (Å²) in [6, 6.07) is 8.34. The molecular formula is C38H44BrN4O7S2+. The largest absolute Gasteiger partial charge is 0.455 e. The number of nitrogens with zero attached hydrogens (tertiary/aromatic N) is 2. The quantitative estimate of drug-likeness (QED) is 0.0907. The number of unbranched alkanes of at least 4 members (excludes halogenated alkanes) is 2. The molecule has 0 aliphatic carbocycles. The van der Waals surface area contributed by atoms with Crippen molar-refractivity contribution in [2.24, 2.45) is 0 Å². The first kappa shape index (κ1) is 35.7. The van der Waals surface area contributed by atoms with Gasteiger partial charge in [-0.25, -0.2) is 17.7 Å². The minimum atomic E-state index is -4.88. The number of aryl methyl sites for hydroxylation is 2. The molecule has 0 bridgehead atoms. The highest BCUT2D eigenvalue weighted by atomic mass is 79.9. The van der Waals surface area contributed by atoms with Crippen LogP contribution in [0, 0.1) is 0 Å². The molecule has 3 N–H and O–H groups in total. The second kappa shape index (κ2) is 14.2. The van der Waals surface area contributed by atoms with Gasteiger partial charge in [0.1, 0.15) is 29.5 Å². The first-order chi connectivity index (χ1) is 25.0. The van der Waals surface area contributed by atoms with Gasteiger partial charge in [0.05, 0.1) is 15.8 Å². The minimum Gasteiger partial charge on any atom is -0.455 e. The third kappa shape index (κ3) is 6.48. The van der Waals surface area contributed by atoms with Gasteiger partial charge in [-0.05, 0) is 81.2 Å². The van der Waals surface area contributed by atoms with Crippen molar-refractivity contribution < 1.29 is 30.9 Å². The van der Waals surface area contributed by atoms with E-state index in [1.54, 1.807) is 0 Å². The highest BCUT2D eigenvalue weighted by Gasteiger charge is 2.37. The predicted molar refractivity (Wildman–Crippen MR) is 202 cm³/mol. The van der Waals surface area contributed by atoms with Crippen molar-refractivity contribution in [2.75, 3.05) is 49.5 Å². The van der Waals surface area contributed by atoms with Gasteiger partial charge < -0.3 is 15.0 Å². The number of amides is 1. The zero-order valence-corrected chi connectivity index (χ0v) is 32.3. The smallest absolute Gasteiger partial charge is 0.295 e. The average Bonchev–Trinajstić information content (AvgIpc) is 3.13. The van der Waals surface area contributed by atoms with Gasteiger partial charge in [-0.1, -0.05) is 28.4 Å². The van der Waals surface area contributed by atoms with Crippen LogP contribution in [0.1, 0.15) is 78.3 Å². The maximum absolute atomic E-state index is 13.5. The molecule has 0 atom stereocenters. The van der Waals surface area contributed by atoms with E-state index in [0.717, 1.165) is 117 Å². The molecule has 14 heteroatoms. The van der Waals surface area contributed by atoms with E-state index in [0.29, 0.717) is 31.4 Å². The molecule has 3 aromatic carbocycles. The number of hydrogen-bond donors (Lipinski definition) is 3. The Hall–Kier alpha value is -3.30. The summed E-state index contributed by atoms with van der Waals surface area (Å²) < 4.78 is 76.4. The Morgan fingerprint density at radius 1 is 0.846 bits per heavy atom. The van der Waals surface area contributed by atoms with Crippen LogP contribution in [0.2, 0.25) is 0 Å². The van der Waals surface area contributed by atoms with Gasteiger partial charge in [0.2, 0.25) is 21.3 Å². The molecule has 0 fully saturated rings. The van der Waals surface area contributed by atoms with Gasteiger partial charge in [-0.15, -0.1) is 0 Å². The van der Waals surface area contributed by atoms with E-state index in [4.69, 9.17) is 4.74 Å². The van der Waals surface area contributed by atoms with E-state index in [1.165, 1.54) is 34.3 Å². The van der Waals surface area contributed by atoms with E-state index < -0.39 is 25.0 Å². The van der Waals surface area contributed by atoms with E-state index >= 15 is 0 Å². The first-order valence-corrected chi connectivity index (χ1v) is 22.5. The van der Waals surface area contributed by atoms with E-state index in [1.807, 2.05) is 0 Å². The summed E-state index contributed by atoms with van der Waals surface area (Å²) >= 11 is 3.11. The number of carbonyl (C=O) groups is 1. The summed E-state index contributed by atoms with van der Waals surface area (Å²) in [7, 11) is -9.00. The van der Waals surface area contributed by atoms with Crippen LogP contribution in [0.25, 0.3) is 5.57 Å². The third-order valence-corrected chi connectivity index (χ3v) is 13.9. The number of rotatable bonds is 11. The van der Waals surface area contributed by atoms with Crippen LogP contribution in [0.5, 0.6) is 11.5 Å². The molecule has 5 heterocycles. The Morgan fingerprint density at radius 2 is 1.58 bits per heavy atom. The zero-order chi connectivity index (χ0) is 36.2. The molecule has 11 nitrogen and oxygen atoms in total. The van der Waals surface area contributed by atoms with Crippen LogP contribution >= 0.6 is 15.9 Å². The first-order valence-electron chi connectivity index (χ1n) is 18.4. The normalized spacial score (nSPS) is 17.5. The summed E-state index contributed by atoms with van der Waals surface area (Å²) in [6.45, 7) is 4.61. The fourth-order valence-electron chi connectivity index (χ4n) is 8.89. The maximum Gasteiger partial charge on any atom is 0.295 e. The minimum absolute atomic E-state index is 0.106. The van der Waals surface area contributed by atoms with Crippen molar-refractivity contribution in [2.45, 2.75) is 80.4 Å². The Bertz CT molecular complexity index is 2340. The lowest BCUT2D eigenvalue weighted by atomic mass is 9.82. The lowest BCUT2D eigenvalue weighted by Crippen LogP contribution is -2.45. The number of hydrogen-bond acceptors (Lipinski definition) is 7. The lowest BCUT2D eigenvalue weighted by molar-refractivity contribution is -0.118. The monoisotopic (exact) mass is 811 g/mol. The molecular weight excluding hydrogens is 768 g/mol. The number of fused-ring (bicyclic) bond motifs is 4. The number of carbonyl (C=O) groups excluding carboxylic acids is 1. The number of nitrogens with one attached hydrogen (secondary N) is 2. The summed E-state index contributed by atoms with van der Waals surface area (Å²) in [4.78, 5) is 13.2. The van der Waals surface area contributed by atoms with E-state index in [2.05, 4.69) is 47.6 Å². The van der Waals surface area contributed by atoms with E-state index in [9.17, 15) is 26.2 Å². The van der Waals surface area contributed by atoms with Crippen LogP contribution in [-0.2, 0) is 50.6 Å². The van der Waals surface area contributed by atoms with Crippen molar-refractivity contribution in [3.8, 4) is 11.5 Å². The maximum atomic E-state index is 13.5. The summed E-state index contributed by atoms with van der Waals surface area (Å²) in [5, 5.41) is 5.01. The molecule has 0 radical (unpaired) electrons. The molecule has 5 aliphatic heterocycles. The van der Waals surface area contributed by atoms with Crippen molar-refractivity contribution in [1.82, 2.24) is 14.6 Å². The molecule has 52 heavy (non-hydrogen) atoms. The lowest BCUT2D eigenvalue weighted by Gasteiger charge is -2.39. The SMILES string of the molecule is O=C(CBr)NCCCCCNS(=O)(=O)c1ccc(C2=c3cc4c5c(c3Oc3c2cc2c6c3CCCN6CCC2)CCC[N+]=5CCC4)c(S(=O)(=O)O)c1. The zero-order valence-electron chi connectivity index (χ0n) is 29.1. The summed E-state index contributed by atoms with van der Waals surface area (Å²) in [5.74, 6) is 1.37. The standard InChI is InChI=1S/C38H43BrN4O7S2/c39-23-33(44)40-14-2-1-3-15-41-51(45,46)26-12-13-27(32(22-26)52(47,48)49)34-30-20-24-8-4-16-42-18-6-10-28(35(24)42)37(30)50-38-29-11-7-19-43-17-5-9-25(36(29)43)21-31(34)38/h12-13,20-22,41H,1-11,14-19,23H2,(H-,40,44,47,48,49)/p+1. The molecule has 8 rings (SSSR count). The number of sulfonamides is 1. The molecule has 0 spiro atoms. The molecule has 0 saturated heterocycles. The van der Waals surface area contributed by atoms with Crippen LogP contribution in [-0.4, -0.2) is 71.9 Å². The topological polar surface area (TPSA) is 145 Å². The molecule has 0 aromatic heterocycles. The van der Waals surface area contributed by atoms with Gasteiger partial charge in [-0.2, -0.15) is 8.42 Å². The third-order valence-electron chi connectivity index (χ3n) is 11.1. The van der Waals surface area contributed by atoms with Crippen LogP contribution < -0.4 is 34.8 Å². The molecule has 1 amide bonds. The molecule has 0 saturated carbocycles. The van der Waals surface area contributed by atoms with Crippen molar-refractivity contribution in [3.63, 3.8) is 0 Å². The van der Waals surface area contributed by atoms with Gasteiger partial charge in [0.15, 0.2) is 0 Å². The second-order valence-electron chi connectivity index (χ2n) is 14.4. The fourth-order valence-corrected chi connectivity index (χ4v) is 11.0. The van der Waals surface area contributed by atoms with Crippen LogP contribution in [0.15, 0.2) is 40.1 Å². The molecule has 0 unspecified atom stereocenters. The number of alkyl halides is 1. The number of halogens is 1. The molecule has 5 aliphatic rings. The Morgan fingerprint density at radius 3 is 2.37 bits per heavy atom. The van der Waals surface area contributed by atoms with Crippen LogP contribution in [0.4, 0.5) is 5.69 Å². The highest BCUT2D eigenvalue weighted by molar-refractivity contribution is 9.09. The van der Waals surface area contributed by atoms with Gasteiger partial charge in [0, 0.05) is 77.8 Å². The van der Waals surface area contributed by atoms with Gasteiger partial charge in [0.25, 0.3) is 10.1 Å². The predicted octanol–water partition coefficient (Wildman–Crippen LogP) is 3.33. The Balaban J connectivity index is 1.26. The van der Waals surface area contributed by atoms with Gasteiger partial charge >= 0.3 is 0 Å². The molecule has 276 valence electrons. The number of benzene rings is 3. The Labute approximate surface area is 313 Å². The second-order valence-corrected chi connectivity index (χ2v) is 18.1. The van der Waals surface area contributed by atoms with Gasteiger partial charge in [-0.3, -0.25) is 9.35 Å². The number of anilines is 1. The molecule has 3 aromatic rings.